The molecule has 32 heavy (non-hydrogen) atoms. The van der Waals surface area contributed by atoms with Crippen LogP contribution in [0.4, 0.5) is 11.4 Å². The van der Waals surface area contributed by atoms with E-state index in [2.05, 4.69) is 16.0 Å². The lowest BCUT2D eigenvalue weighted by molar-refractivity contribution is -0.384. The molecular weight excluding hydrogens is 408 g/mol. The Balaban J connectivity index is 1.78. The van der Waals surface area contributed by atoms with Gasteiger partial charge in [-0.2, -0.15) is 0 Å². The second kappa shape index (κ2) is 10.4. The van der Waals surface area contributed by atoms with Crippen LogP contribution in [0.15, 0.2) is 60.7 Å². The highest BCUT2D eigenvalue weighted by molar-refractivity contribution is 6.02. The normalized spacial score (nSPS) is 11.6. The van der Waals surface area contributed by atoms with Gasteiger partial charge in [-0.3, -0.25) is 19.7 Å². The van der Waals surface area contributed by atoms with Gasteiger partial charge in [0.15, 0.2) is 0 Å². The molecular formula is C24H26N4O4. The summed E-state index contributed by atoms with van der Waals surface area (Å²) in [6.45, 7) is 2.19. The number of carbonyl (C=O) groups excluding carboxylic acids is 2. The number of nitro benzene ring substituents is 1. The van der Waals surface area contributed by atoms with Crippen molar-refractivity contribution in [3.05, 3.63) is 81.9 Å². The predicted octanol–water partition coefficient (Wildman–Crippen LogP) is 4.18. The van der Waals surface area contributed by atoms with Gasteiger partial charge in [0, 0.05) is 26.1 Å². The van der Waals surface area contributed by atoms with Gasteiger partial charge >= 0.3 is 0 Å². The Hall–Kier alpha value is -3.94. The average molecular weight is 434 g/mol. The zero-order valence-corrected chi connectivity index (χ0v) is 18.1. The zero-order chi connectivity index (χ0) is 23.1. The summed E-state index contributed by atoms with van der Waals surface area (Å²) in [5.41, 5.74) is 1.09. The van der Waals surface area contributed by atoms with Crippen molar-refractivity contribution >= 4 is 34.0 Å². The largest absolute Gasteiger partial charge is 0.379 e. The van der Waals surface area contributed by atoms with E-state index in [1.165, 1.54) is 12.1 Å². The first-order valence-corrected chi connectivity index (χ1v) is 10.4. The molecule has 0 radical (unpaired) electrons. The number of carbonyl (C=O) groups is 2. The second-order valence-electron chi connectivity index (χ2n) is 7.46. The first-order chi connectivity index (χ1) is 15.4. The van der Waals surface area contributed by atoms with Gasteiger partial charge in [0.25, 0.3) is 11.6 Å². The standard InChI is InChI=1S/C24H26N4O4/c1-16(18-13-12-17-7-3-4-8-19(17)15-18)27-24(30)20-9-5-10-21(28(31)32)23(20)26-14-6-11-22(29)25-2/h3-5,7-10,12-13,15-16,26H,6,11,14H2,1-2H3,(H,25,29)(H,27,30)/t16-/m0/s1. The summed E-state index contributed by atoms with van der Waals surface area (Å²) in [6, 6.07) is 18.0. The minimum Gasteiger partial charge on any atom is -0.379 e. The minimum absolute atomic E-state index is 0.114. The molecule has 0 saturated carbocycles. The summed E-state index contributed by atoms with van der Waals surface area (Å²) in [5.74, 6) is -0.528. The fourth-order valence-corrected chi connectivity index (χ4v) is 3.49. The molecule has 3 rings (SSSR count). The van der Waals surface area contributed by atoms with Crippen molar-refractivity contribution in [1.82, 2.24) is 10.6 Å². The van der Waals surface area contributed by atoms with Crippen molar-refractivity contribution in [3.8, 4) is 0 Å². The van der Waals surface area contributed by atoms with E-state index in [4.69, 9.17) is 0 Å². The lowest BCUT2D eigenvalue weighted by Gasteiger charge is -2.17. The van der Waals surface area contributed by atoms with Gasteiger partial charge < -0.3 is 16.0 Å². The van der Waals surface area contributed by atoms with E-state index < -0.39 is 10.8 Å². The number of hydrogen-bond acceptors (Lipinski definition) is 5. The number of hydrogen-bond donors (Lipinski definition) is 3. The highest BCUT2D eigenvalue weighted by Crippen LogP contribution is 2.29. The first kappa shape index (κ1) is 22.7. The number of anilines is 1. The Morgan fingerprint density at radius 1 is 1.03 bits per heavy atom. The van der Waals surface area contributed by atoms with Gasteiger partial charge in [0.2, 0.25) is 5.91 Å². The van der Waals surface area contributed by atoms with Crippen LogP contribution in [-0.4, -0.2) is 30.3 Å². The summed E-state index contributed by atoms with van der Waals surface area (Å²) in [7, 11) is 1.55. The van der Waals surface area contributed by atoms with Crippen LogP contribution in [0.1, 0.15) is 41.7 Å². The third kappa shape index (κ3) is 5.40. The molecule has 0 heterocycles. The van der Waals surface area contributed by atoms with Gasteiger partial charge in [-0.05, 0) is 41.8 Å². The molecule has 3 N–H and O–H groups in total. The Kier molecular flexibility index (Phi) is 7.38. The molecule has 3 aromatic rings. The van der Waals surface area contributed by atoms with Crippen molar-refractivity contribution in [2.45, 2.75) is 25.8 Å². The maximum Gasteiger partial charge on any atom is 0.293 e. The van der Waals surface area contributed by atoms with E-state index in [1.807, 2.05) is 49.4 Å². The lowest BCUT2D eigenvalue weighted by atomic mass is 10.0. The molecule has 0 spiro atoms. The smallest absolute Gasteiger partial charge is 0.293 e. The van der Waals surface area contributed by atoms with Crippen molar-refractivity contribution < 1.29 is 14.5 Å². The lowest BCUT2D eigenvalue weighted by Crippen LogP contribution is -2.28. The number of para-hydroxylation sites is 1. The van der Waals surface area contributed by atoms with Crippen LogP contribution in [0.25, 0.3) is 10.8 Å². The highest BCUT2D eigenvalue weighted by atomic mass is 16.6. The molecule has 0 aliphatic heterocycles. The summed E-state index contributed by atoms with van der Waals surface area (Å²) in [5, 5.41) is 22.1. The molecule has 0 saturated heterocycles. The maximum absolute atomic E-state index is 13.0. The monoisotopic (exact) mass is 434 g/mol. The Labute approximate surface area is 186 Å². The zero-order valence-electron chi connectivity index (χ0n) is 18.1. The van der Waals surface area contributed by atoms with Crippen molar-refractivity contribution in [2.24, 2.45) is 0 Å². The van der Waals surface area contributed by atoms with Crippen LogP contribution >= 0.6 is 0 Å². The van der Waals surface area contributed by atoms with E-state index >= 15 is 0 Å². The third-order valence-corrected chi connectivity index (χ3v) is 5.27. The van der Waals surface area contributed by atoms with Crippen LogP contribution in [0.3, 0.4) is 0 Å². The molecule has 8 nitrogen and oxygen atoms in total. The second-order valence-corrected chi connectivity index (χ2v) is 7.46. The van der Waals surface area contributed by atoms with Crippen molar-refractivity contribution in [3.63, 3.8) is 0 Å². The van der Waals surface area contributed by atoms with E-state index in [9.17, 15) is 19.7 Å². The van der Waals surface area contributed by atoms with Crippen LogP contribution < -0.4 is 16.0 Å². The number of nitro groups is 1. The van der Waals surface area contributed by atoms with Crippen LogP contribution in [0.2, 0.25) is 0 Å². The number of fused-ring (bicyclic) bond motifs is 1. The fraction of sp³-hybridized carbons (Fsp3) is 0.250. The summed E-state index contributed by atoms with van der Waals surface area (Å²) in [4.78, 5) is 35.4. The predicted molar refractivity (Wildman–Crippen MR) is 125 cm³/mol. The van der Waals surface area contributed by atoms with Gasteiger partial charge in [0.05, 0.1) is 16.5 Å². The van der Waals surface area contributed by atoms with E-state index in [1.54, 1.807) is 13.1 Å². The summed E-state index contributed by atoms with van der Waals surface area (Å²) < 4.78 is 0. The van der Waals surface area contributed by atoms with Crippen molar-refractivity contribution in [1.29, 1.82) is 0 Å². The summed E-state index contributed by atoms with van der Waals surface area (Å²) in [6.07, 6.45) is 0.755. The summed E-state index contributed by atoms with van der Waals surface area (Å²) >= 11 is 0. The SMILES string of the molecule is CNC(=O)CCCNc1c(C(=O)N[C@@H](C)c2ccc3ccccc3c2)cccc1[N+](=O)[O-]. The highest BCUT2D eigenvalue weighted by Gasteiger charge is 2.22. The first-order valence-electron chi connectivity index (χ1n) is 10.4. The average Bonchev–Trinajstić information content (AvgIpc) is 2.80. The van der Waals surface area contributed by atoms with E-state index in [0.29, 0.717) is 13.0 Å². The van der Waals surface area contributed by atoms with Gasteiger partial charge in [-0.1, -0.05) is 42.5 Å². The molecule has 0 bridgehead atoms. The van der Waals surface area contributed by atoms with Crippen LogP contribution in [0, 0.1) is 10.1 Å². The maximum atomic E-state index is 13.0. The number of nitrogens with zero attached hydrogens (tertiary/aromatic N) is 1. The molecule has 3 aromatic carbocycles. The molecule has 1 atom stereocenters. The topological polar surface area (TPSA) is 113 Å². The molecule has 0 aromatic heterocycles. The third-order valence-electron chi connectivity index (χ3n) is 5.27. The van der Waals surface area contributed by atoms with Gasteiger partial charge in [-0.15, -0.1) is 0 Å². The number of nitrogens with one attached hydrogen (secondary N) is 3. The minimum atomic E-state index is -0.523. The molecule has 0 unspecified atom stereocenters. The Morgan fingerprint density at radius 2 is 1.78 bits per heavy atom. The molecule has 2 amide bonds. The molecule has 0 aliphatic carbocycles. The molecule has 8 heteroatoms. The van der Waals surface area contributed by atoms with E-state index in [-0.39, 0.29) is 35.3 Å². The molecule has 0 fully saturated rings. The number of rotatable bonds is 9. The van der Waals surface area contributed by atoms with E-state index in [0.717, 1.165) is 16.3 Å². The fourth-order valence-electron chi connectivity index (χ4n) is 3.49. The quantitative estimate of drug-likeness (QED) is 0.266. The number of benzene rings is 3. The molecule has 166 valence electrons. The van der Waals surface area contributed by atoms with Crippen LogP contribution in [-0.2, 0) is 4.79 Å². The Morgan fingerprint density at radius 3 is 2.50 bits per heavy atom. The van der Waals surface area contributed by atoms with Crippen LogP contribution in [0.5, 0.6) is 0 Å². The molecule has 0 aliphatic rings. The van der Waals surface area contributed by atoms with Gasteiger partial charge in [-0.25, -0.2) is 0 Å². The van der Waals surface area contributed by atoms with Gasteiger partial charge in [0.1, 0.15) is 5.69 Å². The number of amides is 2. The van der Waals surface area contributed by atoms with Crippen molar-refractivity contribution in [2.75, 3.05) is 18.9 Å². The Bertz CT molecular complexity index is 1150.